The zero-order chi connectivity index (χ0) is 13.4. The first-order valence-corrected chi connectivity index (χ1v) is 7.05. The van der Waals surface area contributed by atoms with Crippen molar-refractivity contribution in [3.05, 3.63) is 29.6 Å². The highest BCUT2D eigenvalue weighted by molar-refractivity contribution is 5.12. The zero-order valence-electron chi connectivity index (χ0n) is 12.2. The van der Waals surface area contributed by atoms with E-state index in [-0.39, 0.29) is 0 Å². The van der Waals surface area contributed by atoms with Crippen LogP contribution in [-0.4, -0.2) is 23.4 Å². The maximum absolute atomic E-state index is 4.68. The van der Waals surface area contributed by atoms with Gasteiger partial charge in [-0.05, 0) is 45.8 Å². The Morgan fingerprint density at radius 1 is 1.44 bits per heavy atom. The highest BCUT2D eigenvalue weighted by Crippen LogP contribution is 2.15. The number of hydrogen-bond acceptors (Lipinski definition) is 2. The molecule has 0 aliphatic heterocycles. The summed E-state index contributed by atoms with van der Waals surface area (Å²) in [6.45, 7) is 7.67. The van der Waals surface area contributed by atoms with E-state index in [0.29, 0.717) is 6.04 Å². The Balaban J connectivity index is 2.55. The van der Waals surface area contributed by atoms with Crippen LogP contribution in [0.2, 0.25) is 0 Å². The average Bonchev–Trinajstić information content (AvgIpc) is 2.79. The molecule has 0 saturated carbocycles. The van der Waals surface area contributed by atoms with Gasteiger partial charge < -0.3 is 5.32 Å². The minimum Gasteiger partial charge on any atom is -0.319 e. The van der Waals surface area contributed by atoms with E-state index in [1.54, 1.807) is 0 Å². The summed E-state index contributed by atoms with van der Waals surface area (Å²) in [5, 5.41) is 7.84. The van der Waals surface area contributed by atoms with Crippen molar-refractivity contribution < 1.29 is 0 Å². The van der Waals surface area contributed by atoms with E-state index in [1.165, 1.54) is 11.3 Å². The summed E-state index contributed by atoms with van der Waals surface area (Å²) in [6, 6.07) is 2.70. The van der Waals surface area contributed by atoms with Crippen molar-refractivity contribution in [1.29, 1.82) is 0 Å². The predicted molar refractivity (Wildman–Crippen MR) is 77.9 cm³/mol. The van der Waals surface area contributed by atoms with Crippen molar-refractivity contribution in [2.75, 3.05) is 13.6 Å². The van der Waals surface area contributed by atoms with Gasteiger partial charge in [-0.15, -0.1) is 0 Å². The minimum absolute atomic E-state index is 0.548. The molecule has 0 aliphatic rings. The Hall–Kier alpha value is -1.09. The van der Waals surface area contributed by atoms with Crippen molar-refractivity contribution >= 4 is 0 Å². The summed E-state index contributed by atoms with van der Waals surface area (Å²) in [6.07, 6.45) is 8.77. The lowest BCUT2D eigenvalue weighted by molar-refractivity contribution is 0.426. The summed E-state index contributed by atoms with van der Waals surface area (Å²) in [4.78, 5) is 0. The lowest BCUT2D eigenvalue weighted by atomic mass is 10.1. The first-order chi connectivity index (χ1) is 8.71. The van der Waals surface area contributed by atoms with Gasteiger partial charge in [0.25, 0.3) is 0 Å². The molecule has 0 amide bonds. The topological polar surface area (TPSA) is 29.9 Å². The molecule has 1 aromatic heterocycles. The quantitative estimate of drug-likeness (QED) is 0.565. The molecule has 3 nitrogen and oxygen atoms in total. The van der Waals surface area contributed by atoms with Crippen LogP contribution in [0, 0.1) is 0 Å². The standard InChI is InChI=1S/C15H27N3/c1-5-15(6-2)18-11-9-14(17-18)12-13(3)8-7-10-16-4/h8-9,11,15-16H,5-7,10,12H2,1-4H3. The molecule has 0 atom stereocenters. The number of rotatable bonds is 8. The second-order valence-corrected chi connectivity index (χ2v) is 4.88. The maximum Gasteiger partial charge on any atom is 0.0664 e. The summed E-state index contributed by atoms with van der Waals surface area (Å²) in [5.74, 6) is 0. The van der Waals surface area contributed by atoms with Gasteiger partial charge in [0, 0.05) is 12.6 Å². The summed E-state index contributed by atoms with van der Waals surface area (Å²) >= 11 is 0. The zero-order valence-corrected chi connectivity index (χ0v) is 12.2. The van der Waals surface area contributed by atoms with Crippen LogP contribution in [0.4, 0.5) is 0 Å². The fourth-order valence-electron chi connectivity index (χ4n) is 2.16. The van der Waals surface area contributed by atoms with E-state index < -0.39 is 0 Å². The van der Waals surface area contributed by atoms with Gasteiger partial charge in [-0.1, -0.05) is 25.5 Å². The van der Waals surface area contributed by atoms with Crippen LogP contribution < -0.4 is 5.32 Å². The molecular weight excluding hydrogens is 222 g/mol. The number of nitrogens with one attached hydrogen (secondary N) is 1. The number of hydrogen-bond donors (Lipinski definition) is 1. The van der Waals surface area contributed by atoms with Crippen molar-refractivity contribution in [2.24, 2.45) is 0 Å². The van der Waals surface area contributed by atoms with Crippen LogP contribution in [0.5, 0.6) is 0 Å². The Kier molecular flexibility index (Phi) is 6.73. The summed E-state index contributed by atoms with van der Waals surface area (Å²) in [5.41, 5.74) is 2.58. The summed E-state index contributed by atoms with van der Waals surface area (Å²) < 4.78 is 2.12. The third kappa shape index (κ3) is 4.65. The molecule has 0 radical (unpaired) electrons. The van der Waals surface area contributed by atoms with E-state index in [1.807, 2.05) is 7.05 Å². The van der Waals surface area contributed by atoms with Gasteiger partial charge in [0.15, 0.2) is 0 Å². The number of aromatic nitrogens is 2. The Morgan fingerprint density at radius 3 is 2.78 bits per heavy atom. The van der Waals surface area contributed by atoms with Crippen LogP contribution in [0.25, 0.3) is 0 Å². The molecule has 0 saturated heterocycles. The first-order valence-electron chi connectivity index (χ1n) is 7.05. The molecule has 1 rings (SSSR count). The maximum atomic E-state index is 4.68. The van der Waals surface area contributed by atoms with Crippen molar-refractivity contribution in [1.82, 2.24) is 15.1 Å². The molecule has 0 bridgehead atoms. The van der Waals surface area contributed by atoms with Gasteiger partial charge in [-0.2, -0.15) is 5.10 Å². The van der Waals surface area contributed by atoms with Crippen LogP contribution in [0.15, 0.2) is 23.9 Å². The van der Waals surface area contributed by atoms with Crippen LogP contribution in [-0.2, 0) is 6.42 Å². The Bertz CT molecular complexity index is 362. The number of nitrogens with zero attached hydrogens (tertiary/aromatic N) is 2. The lowest BCUT2D eigenvalue weighted by Crippen LogP contribution is -2.08. The van der Waals surface area contributed by atoms with Crippen molar-refractivity contribution in [3.63, 3.8) is 0 Å². The van der Waals surface area contributed by atoms with Crippen LogP contribution >= 0.6 is 0 Å². The molecule has 0 aliphatic carbocycles. The molecule has 0 unspecified atom stereocenters. The fraction of sp³-hybridized carbons (Fsp3) is 0.667. The smallest absolute Gasteiger partial charge is 0.0664 e. The van der Waals surface area contributed by atoms with Gasteiger partial charge in [0.2, 0.25) is 0 Å². The van der Waals surface area contributed by atoms with E-state index in [4.69, 9.17) is 0 Å². The van der Waals surface area contributed by atoms with Crippen LogP contribution in [0.3, 0.4) is 0 Å². The highest BCUT2D eigenvalue weighted by Gasteiger charge is 2.07. The molecule has 1 heterocycles. The second-order valence-electron chi connectivity index (χ2n) is 4.88. The third-order valence-corrected chi connectivity index (χ3v) is 3.33. The van der Waals surface area contributed by atoms with E-state index >= 15 is 0 Å². The molecular formula is C15H27N3. The molecule has 1 N–H and O–H groups in total. The third-order valence-electron chi connectivity index (χ3n) is 3.33. The Labute approximate surface area is 111 Å². The van der Waals surface area contributed by atoms with E-state index in [0.717, 1.165) is 32.2 Å². The monoisotopic (exact) mass is 249 g/mol. The fourth-order valence-corrected chi connectivity index (χ4v) is 2.16. The van der Waals surface area contributed by atoms with Gasteiger partial charge in [-0.3, -0.25) is 4.68 Å². The molecule has 3 heteroatoms. The minimum atomic E-state index is 0.548. The molecule has 18 heavy (non-hydrogen) atoms. The molecule has 0 aromatic carbocycles. The molecule has 0 spiro atoms. The molecule has 0 fully saturated rings. The largest absolute Gasteiger partial charge is 0.319 e. The van der Waals surface area contributed by atoms with E-state index in [2.05, 4.69) is 54.2 Å². The van der Waals surface area contributed by atoms with Crippen molar-refractivity contribution in [2.45, 2.75) is 52.5 Å². The van der Waals surface area contributed by atoms with Crippen LogP contribution in [0.1, 0.15) is 51.8 Å². The number of allylic oxidation sites excluding steroid dienone is 1. The van der Waals surface area contributed by atoms with E-state index in [9.17, 15) is 0 Å². The first kappa shape index (κ1) is 15.0. The molecule has 102 valence electrons. The second kappa shape index (κ2) is 8.09. The molecule has 1 aromatic rings. The predicted octanol–water partition coefficient (Wildman–Crippen LogP) is 3.34. The average molecular weight is 249 g/mol. The SMILES string of the molecule is CCC(CC)n1ccc(CC(C)=CCCNC)n1. The summed E-state index contributed by atoms with van der Waals surface area (Å²) in [7, 11) is 1.99. The van der Waals surface area contributed by atoms with Gasteiger partial charge in [0.1, 0.15) is 0 Å². The highest BCUT2D eigenvalue weighted by atomic mass is 15.3. The Morgan fingerprint density at radius 2 is 2.17 bits per heavy atom. The van der Waals surface area contributed by atoms with Gasteiger partial charge in [0.05, 0.1) is 11.7 Å². The van der Waals surface area contributed by atoms with Gasteiger partial charge in [-0.25, -0.2) is 0 Å². The van der Waals surface area contributed by atoms with Crippen molar-refractivity contribution in [3.8, 4) is 0 Å². The normalized spacial score (nSPS) is 12.4. The van der Waals surface area contributed by atoms with Gasteiger partial charge >= 0.3 is 0 Å². The lowest BCUT2D eigenvalue weighted by Gasteiger charge is -2.12.